The highest BCUT2D eigenvalue weighted by atomic mass is 19.1. The molecule has 106 valence electrons. The summed E-state index contributed by atoms with van der Waals surface area (Å²) in [5, 5.41) is 3.56. The zero-order valence-electron chi connectivity index (χ0n) is 11.8. The van der Waals surface area contributed by atoms with E-state index in [4.69, 9.17) is 0 Å². The van der Waals surface area contributed by atoms with Gasteiger partial charge in [0.2, 0.25) is 0 Å². The summed E-state index contributed by atoms with van der Waals surface area (Å²) in [6.45, 7) is 3.32. The summed E-state index contributed by atoms with van der Waals surface area (Å²) in [6.07, 6.45) is 4.70. The van der Waals surface area contributed by atoms with E-state index >= 15 is 0 Å². The van der Waals surface area contributed by atoms with Crippen LogP contribution in [-0.2, 0) is 0 Å². The van der Waals surface area contributed by atoms with Gasteiger partial charge < -0.3 is 9.88 Å². The van der Waals surface area contributed by atoms with Gasteiger partial charge in [-0.25, -0.2) is 9.37 Å². The highest BCUT2D eigenvalue weighted by Crippen LogP contribution is 2.41. The lowest BCUT2D eigenvalue weighted by atomic mass is 9.94. The molecule has 1 saturated heterocycles. The van der Waals surface area contributed by atoms with Crippen molar-refractivity contribution in [1.29, 1.82) is 0 Å². The molecule has 1 aliphatic heterocycles. The first-order chi connectivity index (χ1) is 9.74. The van der Waals surface area contributed by atoms with E-state index in [1.54, 1.807) is 6.07 Å². The van der Waals surface area contributed by atoms with Crippen molar-refractivity contribution >= 4 is 11.0 Å². The van der Waals surface area contributed by atoms with Crippen molar-refractivity contribution in [3.05, 3.63) is 29.8 Å². The molecule has 2 atom stereocenters. The average Bonchev–Trinajstić information content (AvgIpc) is 3.19. The van der Waals surface area contributed by atoms with E-state index in [1.165, 1.54) is 25.3 Å². The molecule has 0 spiro atoms. The molecule has 1 N–H and O–H groups in total. The number of piperidine rings is 1. The smallest absolute Gasteiger partial charge is 0.151 e. The summed E-state index contributed by atoms with van der Waals surface area (Å²) in [6, 6.07) is 6.09. The van der Waals surface area contributed by atoms with Gasteiger partial charge in [0, 0.05) is 6.04 Å². The Bertz CT molecular complexity index is 644. The maximum Gasteiger partial charge on any atom is 0.151 e. The van der Waals surface area contributed by atoms with Crippen molar-refractivity contribution in [3.63, 3.8) is 0 Å². The van der Waals surface area contributed by atoms with Crippen LogP contribution in [-0.4, -0.2) is 16.1 Å². The number of rotatable bonds is 2. The lowest BCUT2D eigenvalue weighted by Gasteiger charge is -2.28. The third-order valence-corrected chi connectivity index (χ3v) is 4.59. The number of benzene rings is 1. The number of hydrogen-bond acceptors (Lipinski definition) is 2. The number of nitrogens with zero attached hydrogens (tertiary/aromatic N) is 2. The molecule has 2 aromatic rings. The largest absolute Gasteiger partial charge is 0.323 e. The van der Waals surface area contributed by atoms with Gasteiger partial charge in [-0.1, -0.05) is 13.0 Å². The molecule has 4 rings (SSSR count). The minimum atomic E-state index is -0.202. The molecule has 0 radical (unpaired) electrons. The summed E-state index contributed by atoms with van der Waals surface area (Å²) in [4.78, 5) is 4.66. The second kappa shape index (κ2) is 4.55. The first-order valence-electron chi connectivity index (χ1n) is 7.64. The minimum Gasteiger partial charge on any atom is -0.323 e. The number of hydrogen-bond donors (Lipinski definition) is 1. The number of nitrogens with one attached hydrogen (secondary N) is 1. The fourth-order valence-corrected chi connectivity index (χ4v) is 3.37. The van der Waals surface area contributed by atoms with E-state index in [-0.39, 0.29) is 11.9 Å². The Kier molecular flexibility index (Phi) is 2.81. The monoisotopic (exact) mass is 273 g/mol. The Morgan fingerprint density at radius 2 is 2.15 bits per heavy atom. The van der Waals surface area contributed by atoms with Gasteiger partial charge in [0.25, 0.3) is 0 Å². The maximum absolute atomic E-state index is 14.0. The van der Waals surface area contributed by atoms with Crippen LogP contribution in [0.2, 0.25) is 0 Å². The molecule has 20 heavy (non-hydrogen) atoms. The number of para-hydroxylation sites is 1. The standard InChI is InChI=1S/C16H20FN3/c1-10-7-8-18-13(9-10)16-19-15-12(17)3-2-4-14(15)20(16)11-5-6-11/h2-4,10-11,13,18H,5-9H2,1H3. The van der Waals surface area contributed by atoms with Crippen molar-refractivity contribution in [2.45, 2.75) is 44.7 Å². The number of halogens is 1. The summed E-state index contributed by atoms with van der Waals surface area (Å²) in [7, 11) is 0. The van der Waals surface area contributed by atoms with Crippen molar-refractivity contribution in [2.75, 3.05) is 6.54 Å². The summed E-state index contributed by atoms with van der Waals surface area (Å²) >= 11 is 0. The van der Waals surface area contributed by atoms with Crippen LogP contribution in [0.15, 0.2) is 18.2 Å². The molecule has 1 aromatic heterocycles. The lowest BCUT2D eigenvalue weighted by Crippen LogP contribution is -2.32. The van der Waals surface area contributed by atoms with E-state index in [1.807, 2.05) is 6.07 Å². The van der Waals surface area contributed by atoms with E-state index in [2.05, 4.69) is 21.8 Å². The molecule has 2 aliphatic rings. The fourth-order valence-electron chi connectivity index (χ4n) is 3.37. The molecule has 3 nitrogen and oxygen atoms in total. The third-order valence-electron chi connectivity index (χ3n) is 4.59. The Labute approximate surface area is 118 Å². The maximum atomic E-state index is 14.0. The van der Waals surface area contributed by atoms with E-state index in [9.17, 15) is 4.39 Å². The summed E-state index contributed by atoms with van der Waals surface area (Å²) in [5.74, 6) is 1.55. The van der Waals surface area contributed by atoms with Gasteiger partial charge in [0.15, 0.2) is 5.82 Å². The molecule has 1 saturated carbocycles. The molecule has 1 aromatic carbocycles. The van der Waals surface area contributed by atoms with Crippen molar-refractivity contribution < 1.29 is 4.39 Å². The number of fused-ring (bicyclic) bond motifs is 1. The molecule has 0 amide bonds. The molecule has 2 fully saturated rings. The molecule has 1 aliphatic carbocycles. The Hall–Kier alpha value is -1.42. The van der Waals surface area contributed by atoms with Crippen LogP contribution in [0.1, 0.15) is 50.5 Å². The summed E-state index contributed by atoms with van der Waals surface area (Å²) < 4.78 is 16.3. The highest BCUT2D eigenvalue weighted by Gasteiger charge is 2.33. The minimum absolute atomic E-state index is 0.202. The van der Waals surface area contributed by atoms with Gasteiger partial charge in [-0.05, 0) is 50.3 Å². The first kappa shape index (κ1) is 12.3. The molecule has 0 bridgehead atoms. The zero-order chi connectivity index (χ0) is 13.7. The van der Waals surface area contributed by atoms with Crippen LogP contribution in [0.25, 0.3) is 11.0 Å². The van der Waals surface area contributed by atoms with Crippen molar-refractivity contribution in [1.82, 2.24) is 14.9 Å². The van der Waals surface area contributed by atoms with Gasteiger partial charge >= 0.3 is 0 Å². The predicted octanol–water partition coefficient (Wildman–Crippen LogP) is 3.57. The van der Waals surface area contributed by atoms with Crippen LogP contribution >= 0.6 is 0 Å². The van der Waals surface area contributed by atoms with Crippen LogP contribution in [0.4, 0.5) is 4.39 Å². The molecule has 4 heteroatoms. The van der Waals surface area contributed by atoms with E-state index in [0.29, 0.717) is 17.5 Å². The number of aromatic nitrogens is 2. The van der Waals surface area contributed by atoms with E-state index < -0.39 is 0 Å². The Morgan fingerprint density at radius 3 is 2.90 bits per heavy atom. The third kappa shape index (κ3) is 1.94. The Morgan fingerprint density at radius 1 is 1.30 bits per heavy atom. The zero-order valence-corrected chi connectivity index (χ0v) is 11.8. The van der Waals surface area contributed by atoms with Gasteiger partial charge in [0.1, 0.15) is 11.3 Å². The van der Waals surface area contributed by atoms with Gasteiger partial charge in [-0.15, -0.1) is 0 Å². The highest BCUT2D eigenvalue weighted by molar-refractivity contribution is 5.77. The Balaban J connectivity index is 1.85. The molecule has 2 unspecified atom stereocenters. The van der Waals surface area contributed by atoms with Gasteiger partial charge in [-0.2, -0.15) is 0 Å². The van der Waals surface area contributed by atoms with Crippen LogP contribution in [0, 0.1) is 11.7 Å². The lowest BCUT2D eigenvalue weighted by molar-refractivity contribution is 0.310. The van der Waals surface area contributed by atoms with E-state index in [0.717, 1.165) is 24.3 Å². The summed E-state index contributed by atoms with van der Waals surface area (Å²) in [5.41, 5.74) is 1.50. The quantitative estimate of drug-likeness (QED) is 0.906. The topological polar surface area (TPSA) is 29.9 Å². The fraction of sp³-hybridized carbons (Fsp3) is 0.562. The second-order valence-electron chi connectivity index (χ2n) is 6.32. The molecular weight excluding hydrogens is 253 g/mol. The van der Waals surface area contributed by atoms with Crippen molar-refractivity contribution in [3.8, 4) is 0 Å². The second-order valence-corrected chi connectivity index (χ2v) is 6.32. The predicted molar refractivity (Wildman–Crippen MR) is 77.1 cm³/mol. The van der Waals surface area contributed by atoms with Crippen LogP contribution in [0.5, 0.6) is 0 Å². The molecular formula is C16H20FN3. The van der Waals surface area contributed by atoms with Gasteiger partial charge in [0.05, 0.1) is 11.6 Å². The SMILES string of the molecule is CC1CCNC(c2nc3c(F)cccc3n2C2CC2)C1. The van der Waals surface area contributed by atoms with Crippen LogP contribution < -0.4 is 5.32 Å². The number of imidazole rings is 1. The first-order valence-corrected chi connectivity index (χ1v) is 7.64. The molecule has 2 heterocycles. The van der Waals surface area contributed by atoms with Crippen LogP contribution in [0.3, 0.4) is 0 Å². The van der Waals surface area contributed by atoms with Crippen molar-refractivity contribution in [2.24, 2.45) is 5.92 Å². The van der Waals surface area contributed by atoms with Gasteiger partial charge in [-0.3, -0.25) is 0 Å². The normalized spacial score (nSPS) is 27.1. The average molecular weight is 273 g/mol.